The lowest BCUT2D eigenvalue weighted by atomic mass is 10.2. The predicted octanol–water partition coefficient (Wildman–Crippen LogP) is 0.679. The van der Waals surface area contributed by atoms with Crippen molar-refractivity contribution in [1.29, 1.82) is 0 Å². The van der Waals surface area contributed by atoms with E-state index in [1.165, 1.54) is 19.3 Å². The van der Waals surface area contributed by atoms with Crippen LogP contribution in [-0.2, 0) is 4.74 Å². The monoisotopic (exact) mass is 223 g/mol. The first-order valence-electron chi connectivity index (χ1n) is 6.47. The molecule has 1 saturated heterocycles. The van der Waals surface area contributed by atoms with Gasteiger partial charge >= 0.3 is 0 Å². The molecule has 0 spiro atoms. The predicted molar refractivity (Wildman–Crippen MR) is 63.2 cm³/mol. The molecule has 2 N–H and O–H groups in total. The van der Waals surface area contributed by atoms with Gasteiger partial charge in [0.15, 0.2) is 5.96 Å². The van der Waals surface area contributed by atoms with Crippen molar-refractivity contribution in [3.05, 3.63) is 0 Å². The average molecular weight is 223 g/mol. The number of hydrogen-bond donors (Lipinski definition) is 1. The van der Waals surface area contributed by atoms with Gasteiger partial charge in [-0.05, 0) is 37.0 Å². The summed E-state index contributed by atoms with van der Waals surface area (Å²) < 4.78 is 5.29. The summed E-state index contributed by atoms with van der Waals surface area (Å²) in [5.41, 5.74) is 5.98. The fourth-order valence-electron chi connectivity index (χ4n) is 2.69. The second-order valence-electron chi connectivity index (χ2n) is 5.30. The molecular weight excluding hydrogens is 202 g/mol. The molecule has 3 rings (SSSR count). The van der Waals surface area contributed by atoms with Crippen molar-refractivity contribution in [2.45, 2.75) is 19.3 Å². The molecule has 2 aliphatic carbocycles. The largest absolute Gasteiger partial charge is 0.378 e. The first-order valence-corrected chi connectivity index (χ1v) is 6.47. The van der Waals surface area contributed by atoms with Gasteiger partial charge in [-0.15, -0.1) is 0 Å². The Morgan fingerprint density at radius 2 is 2.06 bits per heavy atom. The highest BCUT2D eigenvalue weighted by Crippen LogP contribution is 2.54. The number of guanidine groups is 1. The maximum Gasteiger partial charge on any atom is 0.191 e. The maximum absolute atomic E-state index is 5.98. The molecule has 0 aromatic heterocycles. The molecule has 0 radical (unpaired) electrons. The lowest BCUT2D eigenvalue weighted by molar-refractivity contribution is 0.0674. The lowest BCUT2D eigenvalue weighted by Gasteiger charge is -2.27. The van der Waals surface area contributed by atoms with E-state index in [1.807, 2.05) is 0 Å². The Morgan fingerprint density at radius 1 is 1.31 bits per heavy atom. The van der Waals surface area contributed by atoms with Gasteiger partial charge in [0.25, 0.3) is 0 Å². The standard InChI is InChI=1S/C12H21N3O/c13-12(15-3-5-16-6-4-15)14-8-10-7-11(10)9-1-2-9/h9-11H,1-8H2,(H2,13,14)/t10-,11-/m0/s1. The summed E-state index contributed by atoms with van der Waals surface area (Å²) >= 11 is 0. The van der Waals surface area contributed by atoms with Gasteiger partial charge in [-0.2, -0.15) is 0 Å². The van der Waals surface area contributed by atoms with Crippen LogP contribution in [0.3, 0.4) is 0 Å². The Morgan fingerprint density at radius 3 is 2.75 bits per heavy atom. The zero-order chi connectivity index (χ0) is 11.0. The highest BCUT2D eigenvalue weighted by Gasteiger charge is 2.46. The average Bonchev–Trinajstić information content (AvgIpc) is 3.17. The van der Waals surface area contributed by atoms with Gasteiger partial charge in [0.2, 0.25) is 0 Å². The third kappa shape index (κ3) is 2.32. The Balaban J connectivity index is 1.44. The zero-order valence-corrected chi connectivity index (χ0v) is 9.77. The molecule has 0 amide bonds. The van der Waals surface area contributed by atoms with E-state index in [0.717, 1.165) is 56.6 Å². The Bertz CT molecular complexity index is 282. The third-order valence-electron chi connectivity index (χ3n) is 4.03. The Labute approximate surface area is 96.8 Å². The number of hydrogen-bond acceptors (Lipinski definition) is 2. The summed E-state index contributed by atoms with van der Waals surface area (Å²) in [6, 6.07) is 0. The van der Waals surface area contributed by atoms with Crippen LogP contribution in [0.2, 0.25) is 0 Å². The van der Waals surface area contributed by atoms with Crippen LogP contribution in [0.25, 0.3) is 0 Å². The molecule has 16 heavy (non-hydrogen) atoms. The van der Waals surface area contributed by atoms with E-state index in [0.29, 0.717) is 0 Å². The lowest BCUT2D eigenvalue weighted by Crippen LogP contribution is -2.44. The fourth-order valence-corrected chi connectivity index (χ4v) is 2.69. The van der Waals surface area contributed by atoms with E-state index in [1.54, 1.807) is 0 Å². The molecule has 1 aliphatic heterocycles. The van der Waals surface area contributed by atoms with Crippen LogP contribution < -0.4 is 5.73 Å². The molecule has 0 unspecified atom stereocenters. The molecule has 0 aromatic rings. The summed E-state index contributed by atoms with van der Waals surface area (Å²) in [4.78, 5) is 6.67. The van der Waals surface area contributed by atoms with E-state index in [4.69, 9.17) is 10.5 Å². The van der Waals surface area contributed by atoms with Crippen LogP contribution in [-0.4, -0.2) is 43.7 Å². The molecule has 1 heterocycles. The number of nitrogens with zero attached hydrogens (tertiary/aromatic N) is 2. The normalized spacial score (nSPS) is 35.2. The maximum atomic E-state index is 5.98. The van der Waals surface area contributed by atoms with Gasteiger partial charge < -0.3 is 15.4 Å². The SMILES string of the molecule is NC(=NC[C@@H]1C[C@H]1C1CC1)N1CCOCC1. The topological polar surface area (TPSA) is 50.8 Å². The summed E-state index contributed by atoms with van der Waals surface area (Å²) in [7, 11) is 0. The van der Waals surface area contributed by atoms with E-state index in [9.17, 15) is 0 Å². The van der Waals surface area contributed by atoms with Crippen molar-refractivity contribution in [3.63, 3.8) is 0 Å². The Kier molecular flexibility index (Phi) is 2.75. The molecular formula is C12H21N3O. The third-order valence-corrected chi connectivity index (χ3v) is 4.03. The van der Waals surface area contributed by atoms with Gasteiger partial charge in [-0.1, -0.05) is 0 Å². The van der Waals surface area contributed by atoms with Crippen molar-refractivity contribution in [3.8, 4) is 0 Å². The molecule has 0 aromatic carbocycles. The highest BCUT2D eigenvalue weighted by atomic mass is 16.5. The summed E-state index contributed by atoms with van der Waals surface area (Å²) in [5, 5.41) is 0. The molecule has 90 valence electrons. The van der Waals surface area contributed by atoms with Crippen LogP contribution >= 0.6 is 0 Å². The van der Waals surface area contributed by atoms with Crippen molar-refractivity contribution < 1.29 is 4.74 Å². The minimum absolute atomic E-state index is 0.727. The van der Waals surface area contributed by atoms with E-state index < -0.39 is 0 Å². The number of aliphatic imine (C=N–C) groups is 1. The van der Waals surface area contributed by atoms with Gasteiger partial charge in [-0.3, -0.25) is 4.99 Å². The van der Waals surface area contributed by atoms with E-state index in [2.05, 4.69) is 9.89 Å². The summed E-state index contributed by atoms with van der Waals surface area (Å²) in [6.07, 6.45) is 4.32. The van der Waals surface area contributed by atoms with E-state index >= 15 is 0 Å². The first kappa shape index (κ1) is 10.4. The highest BCUT2D eigenvalue weighted by molar-refractivity contribution is 5.78. The smallest absolute Gasteiger partial charge is 0.191 e. The van der Waals surface area contributed by atoms with Crippen molar-refractivity contribution >= 4 is 5.96 Å². The zero-order valence-electron chi connectivity index (χ0n) is 9.77. The van der Waals surface area contributed by atoms with Crippen LogP contribution in [0.1, 0.15) is 19.3 Å². The molecule has 2 atom stereocenters. The first-order chi connectivity index (χ1) is 7.84. The second kappa shape index (κ2) is 4.24. The number of ether oxygens (including phenoxy) is 1. The minimum Gasteiger partial charge on any atom is -0.378 e. The second-order valence-corrected chi connectivity index (χ2v) is 5.30. The van der Waals surface area contributed by atoms with Crippen LogP contribution in [0.15, 0.2) is 4.99 Å². The van der Waals surface area contributed by atoms with Crippen LogP contribution in [0.4, 0.5) is 0 Å². The molecule has 4 nitrogen and oxygen atoms in total. The number of rotatable bonds is 3. The van der Waals surface area contributed by atoms with Crippen molar-refractivity contribution in [2.24, 2.45) is 28.5 Å². The van der Waals surface area contributed by atoms with Gasteiger partial charge in [0, 0.05) is 19.6 Å². The van der Waals surface area contributed by atoms with Crippen LogP contribution in [0.5, 0.6) is 0 Å². The summed E-state index contributed by atoms with van der Waals surface area (Å²) in [6.45, 7) is 4.30. The van der Waals surface area contributed by atoms with E-state index in [-0.39, 0.29) is 0 Å². The fraction of sp³-hybridized carbons (Fsp3) is 0.917. The van der Waals surface area contributed by atoms with Gasteiger partial charge in [0.1, 0.15) is 0 Å². The quantitative estimate of drug-likeness (QED) is 0.565. The molecule has 4 heteroatoms. The van der Waals surface area contributed by atoms with Crippen molar-refractivity contribution in [2.75, 3.05) is 32.8 Å². The van der Waals surface area contributed by atoms with Gasteiger partial charge in [0.05, 0.1) is 13.2 Å². The molecule has 0 bridgehead atoms. The number of morpholine rings is 1. The molecule has 3 fully saturated rings. The number of nitrogens with two attached hydrogens (primary N) is 1. The minimum atomic E-state index is 0.727. The van der Waals surface area contributed by atoms with Crippen molar-refractivity contribution in [1.82, 2.24) is 4.90 Å². The van der Waals surface area contributed by atoms with Gasteiger partial charge in [-0.25, -0.2) is 0 Å². The van der Waals surface area contributed by atoms with Crippen LogP contribution in [0, 0.1) is 17.8 Å². The summed E-state index contributed by atoms with van der Waals surface area (Å²) in [5.74, 6) is 3.60. The Hall–Kier alpha value is -0.770. The molecule has 3 aliphatic rings. The molecule has 2 saturated carbocycles.